The van der Waals surface area contributed by atoms with Crippen molar-refractivity contribution in [2.24, 2.45) is 0 Å². The second-order valence-electron chi connectivity index (χ2n) is 4.89. The highest BCUT2D eigenvalue weighted by Crippen LogP contribution is 2.25. The van der Waals surface area contributed by atoms with Crippen LogP contribution in [0.2, 0.25) is 5.02 Å². The number of amides is 1. The van der Waals surface area contributed by atoms with E-state index in [1.54, 1.807) is 30.3 Å². The first-order valence-electron chi connectivity index (χ1n) is 7.59. The Morgan fingerprint density at radius 1 is 1.17 bits per heavy atom. The van der Waals surface area contributed by atoms with Gasteiger partial charge in [-0.15, -0.1) is 0 Å². The molecular weight excluding hydrogens is 314 g/mol. The smallest absolute Gasteiger partial charge is 0.265 e. The predicted octanol–water partition coefficient (Wildman–Crippen LogP) is 4.53. The van der Waals surface area contributed by atoms with Crippen LogP contribution in [0.5, 0.6) is 11.5 Å². The number of carbonyl (C=O) groups is 1. The Balaban J connectivity index is 2.08. The number of ether oxygens (including phenoxy) is 2. The molecule has 0 bridgehead atoms. The number of hydrogen-bond acceptors (Lipinski definition) is 3. The topological polar surface area (TPSA) is 47.6 Å². The quantitative estimate of drug-likeness (QED) is 0.809. The third-order valence-corrected chi connectivity index (χ3v) is 3.42. The molecule has 1 amide bonds. The number of halogens is 1. The Morgan fingerprint density at radius 2 is 1.96 bits per heavy atom. The lowest BCUT2D eigenvalue weighted by atomic mass is 10.2. The number of carbonyl (C=O) groups excluding carboxylic acids is 1. The minimum absolute atomic E-state index is 0.223. The average molecular weight is 334 g/mol. The Bertz CT molecular complexity index is 660. The highest BCUT2D eigenvalue weighted by Gasteiger charge is 2.20. The molecule has 0 spiro atoms. The molecule has 0 saturated carbocycles. The summed E-state index contributed by atoms with van der Waals surface area (Å²) in [4.78, 5) is 12.5. The monoisotopic (exact) mass is 333 g/mol. The number of rotatable bonds is 7. The van der Waals surface area contributed by atoms with Crippen LogP contribution in [0, 0.1) is 0 Å². The van der Waals surface area contributed by atoms with Gasteiger partial charge in [-0.1, -0.05) is 36.7 Å². The lowest BCUT2D eigenvalue weighted by Crippen LogP contribution is -2.32. The van der Waals surface area contributed by atoms with E-state index in [4.69, 9.17) is 21.1 Å². The first kappa shape index (κ1) is 17.2. The summed E-state index contributed by atoms with van der Waals surface area (Å²) in [6.45, 7) is 4.32. The molecule has 0 aliphatic carbocycles. The fourth-order valence-corrected chi connectivity index (χ4v) is 2.27. The SMILES string of the molecule is CCOc1ccccc1NC(=O)[C@@H](CC)Oc1cccc(Cl)c1. The van der Waals surface area contributed by atoms with Crippen molar-refractivity contribution in [2.75, 3.05) is 11.9 Å². The van der Waals surface area contributed by atoms with E-state index in [9.17, 15) is 4.79 Å². The molecular formula is C18H20ClNO3. The summed E-state index contributed by atoms with van der Waals surface area (Å²) >= 11 is 5.94. The third kappa shape index (κ3) is 4.89. The predicted molar refractivity (Wildman–Crippen MR) is 92.4 cm³/mol. The lowest BCUT2D eigenvalue weighted by molar-refractivity contribution is -0.122. The largest absolute Gasteiger partial charge is 0.492 e. The fourth-order valence-electron chi connectivity index (χ4n) is 2.09. The summed E-state index contributed by atoms with van der Waals surface area (Å²) in [7, 11) is 0. The van der Waals surface area contributed by atoms with E-state index in [0.717, 1.165) is 0 Å². The molecule has 0 unspecified atom stereocenters. The van der Waals surface area contributed by atoms with Gasteiger partial charge >= 0.3 is 0 Å². The number of nitrogens with one attached hydrogen (secondary N) is 1. The maximum Gasteiger partial charge on any atom is 0.265 e. The molecule has 2 aromatic carbocycles. The van der Waals surface area contributed by atoms with Gasteiger partial charge in [0.1, 0.15) is 11.5 Å². The standard InChI is InChI=1S/C18H20ClNO3/c1-3-16(23-14-9-7-8-13(19)12-14)18(21)20-15-10-5-6-11-17(15)22-4-2/h5-12,16H,3-4H2,1-2H3,(H,20,21)/t16-/m1/s1. The molecule has 23 heavy (non-hydrogen) atoms. The lowest BCUT2D eigenvalue weighted by Gasteiger charge is -2.18. The van der Waals surface area contributed by atoms with Crippen LogP contribution in [0.25, 0.3) is 0 Å². The summed E-state index contributed by atoms with van der Waals surface area (Å²) in [5.41, 5.74) is 0.632. The minimum Gasteiger partial charge on any atom is -0.492 e. The van der Waals surface area contributed by atoms with E-state index in [1.165, 1.54) is 0 Å². The van der Waals surface area contributed by atoms with Crippen LogP contribution in [-0.2, 0) is 4.79 Å². The van der Waals surface area contributed by atoms with Crippen molar-refractivity contribution in [3.8, 4) is 11.5 Å². The van der Waals surface area contributed by atoms with Gasteiger partial charge in [0.15, 0.2) is 6.10 Å². The molecule has 0 fully saturated rings. The number of benzene rings is 2. The van der Waals surface area contributed by atoms with Crippen molar-refractivity contribution in [1.29, 1.82) is 0 Å². The van der Waals surface area contributed by atoms with E-state index < -0.39 is 6.10 Å². The molecule has 0 radical (unpaired) electrons. The highest BCUT2D eigenvalue weighted by molar-refractivity contribution is 6.30. The van der Waals surface area contributed by atoms with E-state index in [0.29, 0.717) is 35.2 Å². The second kappa shape index (κ2) is 8.44. The van der Waals surface area contributed by atoms with Crippen LogP contribution < -0.4 is 14.8 Å². The molecule has 122 valence electrons. The van der Waals surface area contributed by atoms with Crippen molar-refractivity contribution in [1.82, 2.24) is 0 Å². The Labute approximate surface area is 141 Å². The van der Waals surface area contributed by atoms with Crippen LogP contribution in [0.4, 0.5) is 5.69 Å². The van der Waals surface area contributed by atoms with Crippen LogP contribution in [0.3, 0.4) is 0 Å². The number of anilines is 1. The van der Waals surface area contributed by atoms with Gasteiger partial charge in [-0.2, -0.15) is 0 Å². The van der Waals surface area contributed by atoms with Crippen molar-refractivity contribution >= 4 is 23.2 Å². The van der Waals surface area contributed by atoms with Gasteiger partial charge in [0.2, 0.25) is 0 Å². The molecule has 1 atom stereocenters. The normalized spacial score (nSPS) is 11.6. The molecule has 4 nitrogen and oxygen atoms in total. The van der Waals surface area contributed by atoms with Gasteiger partial charge in [0.25, 0.3) is 5.91 Å². The van der Waals surface area contributed by atoms with Gasteiger partial charge in [-0.05, 0) is 43.7 Å². The summed E-state index contributed by atoms with van der Waals surface area (Å²) < 4.78 is 11.3. The van der Waals surface area contributed by atoms with Crippen LogP contribution in [0.1, 0.15) is 20.3 Å². The fraction of sp³-hybridized carbons (Fsp3) is 0.278. The van der Waals surface area contributed by atoms with Crippen molar-refractivity contribution in [2.45, 2.75) is 26.4 Å². The van der Waals surface area contributed by atoms with Gasteiger partial charge in [-0.25, -0.2) is 0 Å². The van der Waals surface area contributed by atoms with E-state index in [-0.39, 0.29) is 5.91 Å². The van der Waals surface area contributed by atoms with Crippen molar-refractivity contribution < 1.29 is 14.3 Å². The summed E-state index contributed by atoms with van der Waals surface area (Å²) in [5.74, 6) is 0.984. The zero-order chi connectivity index (χ0) is 16.7. The van der Waals surface area contributed by atoms with Gasteiger partial charge in [0, 0.05) is 5.02 Å². The summed E-state index contributed by atoms with van der Waals surface area (Å²) in [6, 6.07) is 14.3. The van der Waals surface area contributed by atoms with Gasteiger partial charge in [-0.3, -0.25) is 4.79 Å². The Morgan fingerprint density at radius 3 is 2.65 bits per heavy atom. The molecule has 0 saturated heterocycles. The maximum atomic E-state index is 12.5. The van der Waals surface area contributed by atoms with Crippen molar-refractivity contribution in [3.63, 3.8) is 0 Å². The van der Waals surface area contributed by atoms with E-state index in [2.05, 4.69) is 5.32 Å². The van der Waals surface area contributed by atoms with Gasteiger partial charge < -0.3 is 14.8 Å². The minimum atomic E-state index is -0.608. The average Bonchev–Trinajstić information content (AvgIpc) is 2.54. The molecule has 2 rings (SSSR count). The summed E-state index contributed by atoms with van der Waals surface area (Å²) in [6.07, 6.45) is -0.0713. The zero-order valence-electron chi connectivity index (χ0n) is 13.2. The molecule has 0 aromatic heterocycles. The van der Waals surface area contributed by atoms with Crippen molar-refractivity contribution in [3.05, 3.63) is 53.6 Å². The molecule has 2 aromatic rings. The highest BCUT2D eigenvalue weighted by atomic mass is 35.5. The molecule has 5 heteroatoms. The molecule has 0 aliphatic heterocycles. The van der Waals surface area contributed by atoms with E-state index >= 15 is 0 Å². The first-order chi connectivity index (χ1) is 11.1. The first-order valence-corrected chi connectivity index (χ1v) is 7.96. The number of para-hydroxylation sites is 2. The third-order valence-electron chi connectivity index (χ3n) is 3.18. The Kier molecular flexibility index (Phi) is 6.29. The molecule has 0 heterocycles. The van der Waals surface area contributed by atoms with Crippen LogP contribution in [0.15, 0.2) is 48.5 Å². The molecule has 1 N–H and O–H groups in total. The Hall–Kier alpha value is -2.20. The second-order valence-corrected chi connectivity index (χ2v) is 5.33. The molecule has 0 aliphatic rings. The van der Waals surface area contributed by atoms with Crippen LogP contribution >= 0.6 is 11.6 Å². The van der Waals surface area contributed by atoms with Crippen LogP contribution in [-0.4, -0.2) is 18.6 Å². The summed E-state index contributed by atoms with van der Waals surface area (Å²) in [5, 5.41) is 3.43. The van der Waals surface area contributed by atoms with E-state index in [1.807, 2.05) is 32.0 Å². The zero-order valence-corrected chi connectivity index (χ0v) is 14.0. The van der Waals surface area contributed by atoms with Gasteiger partial charge in [0.05, 0.1) is 12.3 Å². The number of hydrogen-bond donors (Lipinski definition) is 1. The maximum absolute atomic E-state index is 12.5.